The molecule has 0 atom stereocenters. The number of carboxylic acids is 1. The van der Waals surface area contributed by atoms with E-state index in [0.29, 0.717) is 0 Å². The van der Waals surface area contributed by atoms with Crippen LogP contribution in [0.5, 0.6) is 0 Å². The van der Waals surface area contributed by atoms with Gasteiger partial charge in [-0.3, -0.25) is 4.79 Å². The largest absolute Gasteiger partial charge is 0.481 e. The molecule has 0 saturated carbocycles. The number of rotatable bonds is 10. The number of hydrogen-bond acceptors (Lipinski definition) is 4. The minimum Gasteiger partial charge on any atom is -0.481 e. The van der Waals surface area contributed by atoms with Gasteiger partial charge in [0.15, 0.2) is 5.16 Å². The van der Waals surface area contributed by atoms with Crippen molar-refractivity contribution in [3.63, 3.8) is 0 Å². The quantitative estimate of drug-likeness (QED) is 0.523. The summed E-state index contributed by atoms with van der Waals surface area (Å²) in [7, 11) is 0. The summed E-state index contributed by atoms with van der Waals surface area (Å²) in [6.07, 6.45) is 6.74. The summed E-state index contributed by atoms with van der Waals surface area (Å²) in [5.74, 6) is -0.776. The maximum atomic E-state index is 10.5. The van der Waals surface area contributed by atoms with E-state index in [4.69, 9.17) is 9.84 Å². The normalized spacial score (nSPS) is 10.7. The van der Waals surface area contributed by atoms with Crippen LogP contribution in [0.25, 0.3) is 0 Å². The fourth-order valence-corrected chi connectivity index (χ4v) is 2.12. The van der Waals surface area contributed by atoms with Crippen LogP contribution in [0, 0.1) is 0 Å². The van der Waals surface area contributed by atoms with E-state index in [1.807, 2.05) is 10.8 Å². The van der Waals surface area contributed by atoms with Gasteiger partial charge in [-0.05, 0) is 12.8 Å². The Kier molecular flexibility index (Phi) is 7.52. The highest BCUT2D eigenvalue weighted by atomic mass is 32.2. The average Bonchev–Trinajstić information content (AvgIpc) is 2.78. The molecule has 1 heterocycles. The highest BCUT2D eigenvalue weighted by molar-refractivity contribution is 7.99. The number of hydrogen-bond donors (Lipinski definition) is 1. The monoisotopic (exact) mass is 272 g/mol. The van der Waals surface area contributed by atoms with E-state index in [1.165, 1.54) is 11.8 Å². The van der Waals surface area contributed by atoms with Crippen molar-refractivity contribution in [3.05, 3.63) is 12.4 Å². The molecule has 0 radical (unpaired) electrons. The Balaban J connectivity index is 2.21. The van der Waals surface area contributed by atoms with Crippen LogP contribution in [0.1, 0.15) is 26.2 Å². The van der Waals surface area contributed by atoms with Gasteiger partial charge in [0.25, 0.3) is 0 Å². The van der Waals surface area contributed by atoms with Crippen molar-refractivity contribution in [1.29, 1.82) is 0 Å². The van der Waals surface area contributed by atoms with Crippen molar-refractivity contribution in [2.45, 2.75) is 37.9 Å². The van der Waals surface area contributed by atoms with Gasteiger partial charge in [-0.15, -0.1) is 0 Å². The number of thioether (sulfide) groups is 1. The van der Waals surface area contributed by atoms with Gasteiger partial charge in [0.05, 0.1) is 5.75 Å². The molecule has 0 amide bonds. The lowest BCUT2D eigenvalue weighted by molar-refractivity contribution is -0.133. The number of nitrogens with zero attached hydrogens (tertiary/aromatic N) is 2. The second-order valence-corrected chi connectivity index (χ2v) is 4.85. The number of carboxylic acid groups (broad SMARTS) is 1. The SMILES string of the molecule is CCCCOCCCn1ccnc1SCC(=O)O. The Hall–Kier alpha value is -1.01. The molecule has 1 N–H and O–H groups in total. The van der Waals surface area contributed by atoms with Crippen molar-refractivity contribution >= 4 is 17.7 Å². The molecule has 1 rings (SSSR count). The molecule has 0 aliphatic carbocycles. The van der Waals surface area contributed by atoms with Gasteiger partial charge in [0, 0.05) is 32.2 Å². The molecule has 0 aromatic carbocycles. The zero-order valence-electron chi connectivity index (χ0n) is 10.7. The summed E-state index contributed by atoms with van der Waals surface area (Å²) in [5, 5.41) is 9.38. The van der Waals surface area contributed by atoms with Crippen LogP contribution in [0.15, 0.2) is 17.6 Å². The number of imidazole rings is 1. The van der Waals surface area contributed by atoms with Gasteiger partial charge in [-0.25, -0.2) is 4.98 Å². The first-order valence-corrected chi connectivity index (χ1v) is 7.16. The number of ether oxygens (including phenoxy) is 1. The van der Waals surface area contributed by atoms with Crippen molar-refractivity contribution in [3.8, 4) is 0 Å². The Morgan fingerprint density at radius 3 is 3.00 bits per heavy atom. The fourth-order valence-electron chi connectivity index (χ4n) is 1.42. The summed E-state index contributed by atoms with van der Waals surface area (Å²) in [4.78, 5) is 14.6. The van der Waals surface area contributed by atoms with E-state index < -0.39 is 5.97 Å². The standard InChI is InChI=1S/C12H20N2O3S/c1-2-3-8-17-9-4-6-14-7-5-13-12(14)18-10-11(15)16/h5,7H,2-4,6,8-10H2,1H3,(H,15,16). The second-order valence-electron chi connectivity index (χ2n) is 3.91. The lowest BCUT2D eigenvalue weighted by Gasteiger charge is -2.07. The predicted octanol–water partition coefficient (Wildman–Crippen LogP) is 2.27. The maximum absolute atomic E-state index is 10.5. The van der Waals surface area contributed by atoms with Crippen LogP contribution in [0.2, 0.25) is 0 Å². The van der Waals surface area contributed by atoms with E-state index in [0.717, 1.165) is 44.2 Å². The topological polar surface area (TPSA) is 64.4 Å². The summed E-state index contributed by atoms with van der Waals surface area (Å²) in [5.41, 5.74) is 0. The summed E-state index contributed by atoms with van der Waals surface area (Å²) < 4.78 is 7.44. The van der Waals surface area contributed by atoms with Crippen molar-refractivity contribution in [2.24, 2.45) is 0 Å². The third-order valence-electron chi connectivity index (χ3n) is 2.33. The molecule has 1 aromatic heterocycles. The number of carbonyl (C=O) groups is 1. The minimum absolute atomic E-state index is 0.0456. The maximum Gasteiger partial charge on any atom is 0.313 e. The van der Waals surface area contributed by atoms with Crippen LogP contribution in [-0.2, 0) is 16.1 Å². The molecule has 0 spiro atoms. The molecule has 102 valence electrons. The molecule has 5 nitrogen and oxygen atoms in total. The first-order valence-electron chi connectivity index (χ1n) is 6.17. The Bertz CT molecular complexity index is 355. The van der Waals surface area contributed by atoms with Gasteiger partial charge in [-0.2, -0.15) is 0 Å². The van der Waals surface area contributed by atoms with Crippen molar-refractivity contribution < 1.29 is 14.6 Å². The zero-order chi connectivity index (χ0) is 13.2. The van der Waals surface area contributed by atoms with E-state index in [1.54, 1.807) is 6.20 Å². The summed E-state index contributed by atoms with van der Waals surface area (Å²) in [6.45, 7) is 4.51. The smallest absolute Gasteiger partial charge is 0.313 e. The lowest BCUT2D eigenvalue weighted by Crippen LogP contribution is -2.05. The molecule has 0 saturated heterocycles. The molecule has 0 fully saturated rings. The molecule has 0 unspecified atom stereocenters. The molecule has 1 aromatic rings. The van der Waals surface area contributed by atoms with Crippen LogP contribution in [0.3, 0.4) is 0 Å². The first-order chi connectivity index (χ1) is 8.74. The van der Waals surface area contributed by atoms with Crippen molar-refractivity contribution in [2.75, 3.05) is 19.0 Å². The van der Waals surface area contributed by atoms with Crippen LogP contribution < -0.4 is 0 Å². The number of unbranched alkanes of at least 4 members (excludes halogenated alkanes) is 1. The van der Waals surface area contributed by atoms with E-state index >= 15 is 0 Å². The number of aromatic nitrogens is 2. The molecule has 6 heteroatoms. The number of aliphatic carboxylic acids is 1. The Labute approximate surface area is 112 Å². The fraction of sp³-hybridized carbons (Fsp3) is 0.667. The zero-order valence-corrected chi connectivity index (χ0v) is 11.5. The van der Waals surface area contributed by atoms with Gasteiger partial charge < -0.3 is 14.4 Å². The molecular weight excluding hydrogens is 252 g/mol. The van der Waals surface area contributed by atoms with Crippen LogP contribution >= 0.6 is 11.8 Å². The van der Waals surface area contributed by atoms with E-state index in [-0.39, 0.29) is 5.75 Å². The van der Waals surface area contributed by atoms with Crippen molar-refractivity contribution in [1.82, 2.24) is 9.55 Å². The highest BCUT2D eigenvalue weighted by Crippen LogP contribution is 2.15. The van der Waals surface area contributed by atoms with Crippen LogP contribution in [0.4, 0.5) is 0 Å². The molecule has 0 bridgehead atoms. The third kappa shape index (κ3) is 6.07. The third-order valence-corrected chi connectivity index (χ3v) is 3.32. The molecule has 0 aliphatic heterocycles. The molecular formula is C12H20N2O3S. The van der Waals surface area contributed by atoms with Crippen LogP contribution in [-0.4, -0.2) is 39.6 Å². The Morgan fingerprint density at radius 1 is 1.50 bits per heavy atom. The van der Waals surface area contributed by atoms with Gasteiger partial charge >= 0.3 is 5.97 Å². The van der Waals surface area contributed by atoms with E-state index in [9.17, 15) is 4.79 Å². The Morgan fingerprint density at radius 2 is 2.28 bits per heavy atom. The summed E-state index contributed by atoms with van der Waals surface area (Å²) in [6, 6.07) is 0. The van der Waals surface area contributed by atoms with Gasteiger partial charge in [0.1, 0.15) is 0 Å². The first kappa shape index (κ1) is 15.0. The molecule has 18 heavy (non-hydrogen) atoms. The second kappa shape index (κ2) is 8.99. The summed E-state index contributed by atoms with van der Waals surface area (Å²) >= 11 is 1.25. The van der Waals surface area contributed by atoms with E-state index in [2.05, 4.69) is 11.9 Å². The highest BCUT2D eigenvalue weighted by Gasteiger charge is 2.05. The lowest BCUT2D eigenvalue weighted by atomic mass is 10.4. The average molecular weight is 272 g/mol. The predicted molar refractivity (Wildman–Crippen MR) is 70.9 cm³/mol. The molecule has 0 aliphatic rings. The van der Waals surface area contributed by atoms with Gasteiger partial charge in [0.2, 0.25) is 0 Å². The van der Waals surface area contributed by atoms with Gasteiger partial charge in [-0.1, -0.05) is 25.1 Å². The number of aryl methyl sites for hydroxylation is 1. The minimum atomic E-state index is -0.822.